The van der Waals surface area contributed by atoms with E-state index in [1.54, 1.807) is 13.0 Å². The lowest BCUT2D eigenvalue weighted by Gasteiger charge is -2.28. The van der Waals surface area contributed by atoms with Gasteiger partial charge in [0.15, 0.2) is 0 Å². The number of ether oxygens (including phenoxy) is 1. The van der Waals surface area contributed by atoms with Gasteiger partial charge in [0.2, 0.25) is 0 Å². The van der Waals surface area contributed by atoms with Crippen molar-refractivity contribution >= 4 is 5.97 Å². The smallest absolute Gasteiger partial charge is 0.343 e. The van der Waals surface area contributed by atoms with Crippen molar-refractivity contribution in [3.8, 4) is 5.75 Å². The van der Waals surface area contributed by atoms with E-state index in [-0.39, 0.29) is 17.5 Å². The average Bonchev–Trinajstić information content (AvgIpc) is 2.68. The van der Waals surface area contributed by atoms with Gasteiger partial charge < -0.3 is 9.15 Å². The summed E-state index contributed by atoms with van der Waals surface area (Å²) in [7, 11) is 0. The molecule has 0 amide bonds. The highest BCUT2D eigenvalue weighted by Crippen LogP contribution is 2.38. The van der Waals surface area contributed by atoms with Gasteiger partial charge in [0.05, 0.1) is 5.56 Å². The van der Waals surface area contributed by atoms with Crippen LogP contribution >= 0.6 is 0 Å². The predicted molar refractivity (Wildman–Crippen MR) is 111 cm³/mol. The second kappa shape index (κ2) is 9.76. The Morgan fingerprint density at radius 1 is 1.04 bits per heavy atom. The van der Waals surface area contributed by atoms with Crippen LogP contribution in [0.25, 0.3) is 0 Å². The maximum Gasteiger partial charge on any atom is 0.343 e. The van der Waals surface area contributed by atoms with Gasteiger partial charge in [-0.2, -0.15) is 0 Å². The fraction of sp³-hybridized carbons (Fsp3) is 0.750. The molecule has 0 saturated heterocycles. The third kappa shape index (κ3) is 5.27. The van der Waals surface area contributed by atoms with Gasteiger partial charge in [0.1, 0.15) is 11.5 Å². The highest BCUT2D eigenvalue weighted by Gasteiger charge is 2.29. The molecule has 0 aliphatic heterocycles. The number of rotatable bonds is 6. The lowest BCUT2D eigenvalue weighted by atomic mass is 9.78. The van der Waals surface area contributed by atoms with Crippen LogP contribution in [0.1, 0.15) is 102 Å². The second-order valence-electron chi connectivity index (χ2n) is 9.16. The van der Waals surface area contributed by atoms with Crippen molar-refractivity contribution < 1.29 is 13.9 Å². The van der Waals surface area contributed by atoms with Crippen LogP contribution in [0.3, 0.4) is 0 Å². The molecule has 2 unspecified atom stereocenters. The molecule has 28 heavy (non-hydrogen) atoms. The van der Waals surface area contributed by atoms with E-state index in [1.165, 1.54) is 51.4 Å². The lowest BCUT2D eigenvalue weighted by Crippen LogP contribution is -2.24. The Labute approximate surface area is 169 Å². The minimum Gasteiger partial charge on any atom is -0.428 e. The fourth-order valence-electron chi connectivity index (χ4n) is 5.26. The molecule has 1 aromatic rings. The summed E-state index contributed by atoms with van der Waals surface area (Å²) >= 11 is 0. The quantitative estimate of drug-likeness (QED) is 0.549. The van der Waals surface area contributed by atoms with E-state index in [4.69, 9.17) is 9.15 Å². The topological polar surface area (TPSA) is 56.5 Å². The van der Waals surface area contributed by atoms with Gasteiger partial charge >= 0.3 is 11.6 Å². The van der Waals surface area contributed by atoms with Crippen LogP contribution in [-0.2, 0) is 4.79 Å². The van der Waals surface area contributed by atoms with E-state index < -0.39 is 0 Å². The molecule has 156 valence electrons. The molecule has 0 radical (unpaired) electrons. The zero-order valence-electron chi connectivity index (χ0n) is 17.8. The zero-order valence-corrected chi connectivity index (χ0v) is 17.8. The number of carbonyl (C=O) groups is 1. The van der Waals surface area contributed by atoms with E-state index in [0.717, 1.165) is 12.8 Å². The number of carbonyl (C=O) groups excluding carboxylic acids is 1. The van der Waals surface area contributed by atoms with Gasteiger partial charge in [-0.3, -0.25) is 4.79 Å². The first kappa shape index (κ1) is 21.1. The third-order valence-electron chi connectivity index (χ3n) is 7.05. The molecule has 2 atom stereocenters. The Hall–Kier alpha value is -1.58. The van der Waals surface area contributed by atoms with Crippen LogP contribution in [0.2, 0.25) is 0 Å². The summed E-state index contributed by atoms with van der Waals surface area (Å²) in [5.74, 6) is 2.15. The molecular weight excluding hydrogens is 352 g/mol. The largest absolute Gasteiger partial charge is 0.428 e. The zero-order chi connectivity index (χ0) is 20.1. The van der Waals surface area contributed by atoms with Crippen LogP contribution in [0.5, 0.6) is 5.75 Å². The summed E-state index contributed by atoms with van der Waals surface area (Å²) in [4.78, 5) is 25.3. The van der Waals surface area contributed by atoms with Crippen LogP contribution in [0.4, 0.5) is 0 Å². The molecule has 4 heteroatoms. The number of hydrogen-bond donors (Lipinski definition) is 0. The van der Waals surface area contributed by atoms with E-state index >= 15 is 0 Å². The number of esters is 1. The highest BCUT2D eigenvalue weighted by molar-refractivity contribution is 5.73. The number of hydrogen-bond acceptors (Lipinski definition) is 4. The maximum atomic E-state index is 12.7. The monoisotopic (exact) mass is 388 g/mol. The van der Waals surface area contributed by atoms with Gasteiger partial charge in [0.25, 0.3) is 0 Å². The van der Waals surface area contributed by atoms with Crippen LogP contribution < -0.4 is 10.4 Å². The molecule has 2 fully saturated rings. The van der Waals surface area contributed by atoms with Crippen LogP contribution in [0.15, 0.2) is 15.3 Å². The SMILES string of the molecule is Cc1cc(OC(=O)CC(C)C2CCCCC2)c(C(C)C2CCCCC2)c(=O)o1. The Bertz CT molecular complexity index is 708. The van der Waals surface area contributed by atoms with E-state index in [2.05, 4.69) is 13.8 Å². The first-order chi connectivity index (χ1) is 13.5. The van der Waals surface area contributed by atoms with Crippen molar-refractivity contribution in [2.75, 3.05) is 0 Å². The number of aryl methyl sites for hydroxylation is 1. The fourth-order valence-corrected chi connectivity index (χ4v) is 5.26. The van der Waals surface area contributed by atoms with Gasteiger partial charge in [-0.15, -0.1) is 0 Å². The molecule has 2 aliphatic carbocycles. The summed E-state index contributed by atoms with van der Waals surface area (Å²) in [6, 6.07) is 1.72. The third-order valence-corrected chi connectivity index (χ3v) is 7.05. The van der Waals surface area contributed by atoms with Crippen LogP contribution in [0, 0.1) is 24.7 Å². The highest BCUT2D eigenvalue weighted by atomic mass is 16.5. The maximum absolute atomic E-state index is 12.7. The molecule has 0 aromatic carbocycles. The summed E-state index contributed by atoms with van der Waals surface area (Å²) in [5.41, 5.74) is 0.206. The van der Waals surface area contributed by atoms with Crippen molar-refractivity contribution in [1.29, 1.82) is 0 Å². The van der Waals surface area contributed by atoms with Crippen molar-refractivity contribution in [2.24, 2.45) is 17.8 Å². The molecule has 4 nitrogen and oxygen atoms in total. The summed E-state index contributed by atoms with van der Waals surface area (Å²) < 4.78 is 11.2. The minimum atomic E-state index is -0.346. The van der Waals surface area contributed by atoms with E-state index in [9.17, 15) is 9.59 Å². The van der Waals surface area contributed by atoms with Gasteiger partial charge in [-0.05, 0) is 43.4 Å². The van der Waals surface area contributed by atoms with Gasteiger partial charge in [0, 0.05) is 12.5 Å². The minimum absolute atomic E-state index is 0.0516. The molecule has 0 N–H and O–H groups in total. The Kier molecular flexibility index (Phi) is 7.36. The Morgan fingerprint density at radius 2 is 1.61 bits per heavy atom. The lowest BCUT2D eigenvalue weighted by molar-refractivity contribution is -0.135. The first-order valence-corrected chi connectivity index (χ1v) is 11.3. The Morgan fingerprint density at radius 3 is 2.21 bits per heavy atom. The summed E-state index contributed by atoms with van der Waals surface area (Å²) in [6.07, 6.45) is 12.6. The van der Waals surface area contributed by atoms with Crippen molar-refractivity contribution in [3.63, 3.8) is 0 Å². The van der Waals surface area contributed by atoms with Crippen molar-refractivity contribution in [1.82, 2.24) is 0 Å². The average molecular weight is 389 g/mol. The van der Waals surface area contributed by atoms with E-state index in [0.29, 0.717) is 41.2 Å². The van der Waals surface area contributed by atoms with Gasteiger partial charge in [-0.25, -0.2) is 4.79 Å². The molecule has 1 aromatic heterocycles. The Balaban J connectivity index is 1.73. The first-order valence-electron chi connectivity index (χ1n) is 11.3. The molecule has 0 bridgehead atoms. The summed E-state index contributed by atoms with van der Waals surface area (Å²) in [5, 5.41) is 0. The second-order valence-corrected chi connectivity index (χ2v) is 9.16. The molecule has 1 heterocycles. The van der Waals surface area contributed by atoms with Gasteiger partial charge in [-0.1, -0.05) is 65.2 Å². The van der Waals surface area contributed by atoms with Crippen molar-refractivity contribution in [2.45, 2.75) is 97.3 Å². The summed E-state index contributed by atoms with van der Waals surface area (Å²) in [6.45, 7) is 5.98. The van der Waals surface area contributed by atoms with Crippen molar-refractivity contribution in [3.05, 3.63) is 27.8 Å². The normalized spacial score (nSPS) is 21.2. The molecule has 2 aliphatic rings. The molecule has 2 saturated carbocycles. The van der Waals surface area contributed by atoms with E-state index in [1.807, 2.05) is 0 Å². The molecule has 0 spiro atoms. The standard InChI is InChI=1S/C24H36O4/c1-16(19-10-6-4-7-11-19)14-22(25)28-21-15-17(2)27-24(26)23(21)18(3)20-12-8-5-9-13-20/h15-16,18-20H,4-14H2,1-3H3. The molecule has 3 rings (SSSR count). The van der Waals surface area contributed by atoms with Crippen LogP contribution in [-0.4, -0.2) is 5.97 Å². The molecular formula is C24H36O4. The predicted octanol–water partition coefficient (Wildman–Crippen LogP) is 6.14.